The van der Waals surface area contributed by atoms with Crippen LogP contribution in [0.3, 0.4) is 0 Å². The molecule has 0 heterocycles. The Labute approximate surface area is 171 Å². The van der Waals surface area contributed by atoms with Crippen LogP contribution in [0.15, 0.2) is 71.4 Å². The molecule has 0 aliphatic rings. The summed E-state index contributed by atoms with van der Waals surface area (Å²) in [5.41, 5.74) is 8.98. The average Bonchev–Trinajstić information content (AvgIpc) is 2.73. The van der Waals surface area contributed by atoms with Gasteiger partial charge in [0.25, 0.3) is 5.91 Å². The van der Waals surface area contributed by atoms with Gasteiger partial charge in [-0.15, -0.1) is 0 Å². The van der Waals surface area contributed by atoms with Crippen LogP contribution < -0.4 is 11.1 Å². The molecule has 0 aromatic heterocycles. The molecular weight excluding hydrogens is 366 g/mol. The minimum atomic E-state index is -0.427. The van der Waals surface area contributed by atoms with Crippen LogP contribution in [0.1, 0.15) is 18.9 Å². The molecule has 2 aromatic rings. The third-order valence-electron chi connectivity index (χ3n) is 4.31. The van der Waals surface area contributed by atoms with Crippen molar-refractivity contribution in [2.24, 2.45) is 10.7 Å². The Morgan fingerprint density at radius 3 is 2.34 bits per heavy atom. The zero-order valence-corrected chi connectivity index (χ0v) is 16.8. The maximum absolute atomic E-state index is 12.4. The molecule has 0 radical (unpaired) electrons. The number of carbonyl (C=O) groups excluding carboxylic acids is 2. The van der Waals surface area contributed by atoms with E-state index in [9.17, 15) is 9.59 Å². The van der Waals surface area contributed by atoms with Gasteiger partial charge >= 0.3 is 5.97 Å². The van der Waals surface area contributed by atoms with Crippen molar-refractivity contribution in [1.29, 1.82) is 0 Å². The Hall–Kier alpha value is -3.41. The van der Waals surface area contributed by atoms with E-state index < -0.39 is 6.04 Å². The van der Waals surface area contributed by atoms with Crippen LogP contribution in [0.2, 0.25) is 0 Å². The summed E-state index contributed by atoms with van der Waals surface area (Å²) in [6.45, 7) is 2.04. The van der Waals surface area contributed by atoms with E-state index >= 15 is 0 Å². The molecule has 0 saturated heterocycles. The van der Waals surface area contributed by atoms with Crippen LogP contribution in [-0.2, 0) is 20.7 Å². The number of hydrogen-bond donors (Lipinski definition) is 2. The molecule has 3 N–H and O–H groups in total. The fourth-order valence-electron chi connectivity index (χ4n) is 2.93. The third-order valence-corrected chi connectivity index (χ3v) is 4.31. The maximum Gasteiger partial charge on any atom is 0.307 e. The van der Waals surface area contributed by atoms with Crippen molar-refractivity contribution in [3.63, 3.8) is 0 Å². The number of rotatable bonds is 9. The number of nitrogens with two attached hydrogens (primary N) is 1. The smallest absolute Gasteiger partial charge is 0.307 e. The molecule has 2 rings (SSSR count). The minimum absolute atomic E-state index is 0.0706. The molecule has 0 aliphatic carbocycles. The van der Waals surface area contributed by atoms with E-state index in [0.29, 0.717) is 13.0 Å². The van der Waals surface area contributed by atoms with E-state index in [2.05, 4.69) is 22.4 Å². The van der Waals surface area contributed by atoms with E-state index in [1.165, 1.54) is 12.4 Å². The van der Waals surface area contributed by atoms with Crippen molar-refractivity contribution < 1.29 is 14.3 Å². The first-order valence-corrected chi connectivity index (χ1v) is 9.52. The summed E-state index contributed by atoms with van der Waals surface area (Å²) in [6, 6.07) is 17.7. The van der Waals surface area contributed by atoms with Crippen LogP contribution in [0.4, 0.5) is 0 Å². The molecule has 1 amide bonds. The lowest BCUT2D eigenvalue weighted by molar-refractivity contribution is -0.143. The summed E-state index contributed by atoms with van der Waals surface area (Å²) in [7, 11) is 1.56. The van der Waals surface area contributed by atoms with Crippen LogP contribution in [-0.4, -0.2) is 37.8 Å². The summed E-state index contributed by atoms with van der Waals surface area (Å²) >= 11 is 0. The number of nitrogens with one attached hydrogen (secondary N) is 1. The lowest BCUT2D eigenvalue weighted by Crippen LogP contribution is -2.39. The highest BCUT2D eigenvalue weighted by Gasteiger charge is 2.19. The van der Waals surface area contributed by atoms with Crippen molar-refractivity contribution in [2.75, 3.05) is 13.7 Å². The van der Waals surface area contributed by atoms with Crippen molar-refractivity contribution >= 4 is 18.1 Å². The first kappa shape index (κ1) is 21.9. The van der Waals surface area contributed by atoms with E-state index in [1.807, 2.05) is 42.5 Å². The molecule has 2 aromatic carbocycles. The predicted molar refractivity (Wildman–Crippen MR) is 115 cm³/mol. The van der Waals surface area contributed by atoms with Crippen LogP contribution >= 0.6 is 0 Å². The Bertz CT molecular complexity index is 859. The van der Waals surface area contributed by atoms with Crippen LogP contribution in [0.5, 0.6) is 0 Å². The highest BCUT2D eigenvalue weighted by atomic mass is 16.5. The van der Waals surface area contributed by atoms with Gasteiger partial charge in [-0.2, -0.15) is 0 Å². The van der Waals surface area contributed by atoms with Gasteiger partial charge in [0, 0.05) is 25.5 Å². The second-order valence-electron chi connectivity index (χ2n) is 6.46. The normalized spacial score (nSPS) is 12.6. The minimum Gasteiger partial charge on any atom is -0.466 e. The average molecular weight is 393 g/mol. The number of aliphatic imine (C=N–C) groups is 1. The van der Waals surface area contributed by atoms with Crippen LogP contribution in [0, 0.1) is 0 Å². The van der Waals surface area contributed by atoms with Gasteiger partial charge < -0.3 is 15.8 Å². The van der Waals surface area contributed by atoms with E-state index in [1.54, 1.807) is 14.0 Å². The second-order valence-corrected chi connectivity index (χ2v) is 6.46. The molecule has 0 fully saturated rings. The second kappa shape index (κ2) is 11.4. The van der Waals surface area contributed by atoms with Crippen molar-refractivity contribution in [3.05, 3.63) is 71.9 Å². The standard InChI is InChI=1S/C23H27N3O3/c1-3-29-22(27)14-21(26-23(28)20(15-24)16-25-2)13-17-9-11-19(12-10-17)18-7-5-4-6-8-18/h4-12,15-16,21H,3,13-14,24H2,1-2H3,(H,26,28)/t21-/m1/s1. The van der Waals surface area contributed by atoms with Crippen LogP contribution in [0.25, 0.3) is 11.1 Å². The van der Waals surface area contributed by atoms with E-state index in [0.717, 1.165) is 16.7 Å². The first-order valence-electron chi connectivity index (χ1n) is 9.52. The molecule has 0 bridgehead atoms. The van der Waals surface area contributed by atoms with Crippen molar-refractivity contribution in [2.45, 2.75) is 25.8 Å². The van der Waals surface area contributed by atoms with Crippen molar-refractivity contribution in [1.82, 2.24) is 5.32 Å². The summed E-state index contributed by atoms with van der Waals surface area (Å²) in [4.78, 5) is 28.3. The number of benzene rings is 2. The predicted octanol–water partition coefficient (Wildman–Crippen LogP) is 2.88. The maximum atomic E-state index is 12.4. The molecule has 152 valence electrons. The number of hydrogen-bond acceptors (Lipinski definition) is 5. The monoisotopic (exact) mass is 393 g/mol. The summed E-state index contributed by atoms with van der Waals surface area (Å²) in [6.07, 6.45) is 3.13. The van der Waals surface area contributed by atoms with Gasteiger partial charge in [-0.1, -0.05) is 54.6 Å². The van der Waals surface area contributed by atoms with Gasteiger partial charge in [-0.25, -0.2) is 0 Å². The molecule has 0 aliphatic heterocycles. The number of ether oxygens (including phenoxy) is 1. The van der Waals surface area contributed by atoms with E-state index in [-0.39, 0.29) is 23.9 Å². The van der Waals surface area contributed by atoms with E-state index in [4.69, 9.17) is 10.5 Å². The van der Waals surface area contributed by atoms with Gasteiger partial charge in [-0.3, -0.25) is 14.6 Å². The Morgan fingerprint density at radius 2 is 1.76 bits per heavy atom. The van der Waals surface area contributed by atoms with Gasteiger partial charge in [0.05, 0.1) is 18.6 Å². The Balaban J connectivity index is 2.14. The number of carbonyl (C=O) groups is 2. The fourth-order valence-corrected chi connectivity index (χ4v) is 2.93. The third kappa shape index (κ3) is 6.92. The lowest BCUT2D eigenvalue weighted by atomic mass is 9.99. The quantitative estimate of drug-likeness (QED) is 0.389. The zero-order chi connectivity index (χ0) is 21.1. The summed E-state index contributed by atoms with van der Waals surface area (Å²) < 4.78 is 5.05. The fraction of sp³-hybridized carbons (Fsp3) is 0.261. The van der Waals surface area contributed by atoms with Gasteiger partial charge in [-0.05, 0) is 30.0 Å². The zero-order valence-electron chi connectivity index (χ0n) is 16.8. The summed E-state index contributed by atoms with van der Waals surface area (Å²) in [5.74, 6) is -0.741. The SMILES string of the molecule is CCOC(=O)C[C@@H](Cc1ccc(-c2ccccc2)cc1)NC(=O)C(C=NC)=CN. The number of amides is 1. The molecule has 29 heavy (non-hydrogen) atoms. The molecule has 1 atom stereocenters. The highest BCUT2D eigenvalue weighted by molar-refractivity contribution is 6.12. The highest BCUT2D eigenvalue weighted by Crippen LogP contribution is 2.20. The summed E-state index contributed by atoms with van der Waals surface area (Å²) in [5, 5.41) is 2.86. The molecule has 0 saturated carbocycles. The van der Waals surface area contributed by atoms with Crippen molar-refractivity contribution in [3.8, 4) is 11.1 Å². The molecule has 0 unspecified atom stereocenters. The molecular formula is C23H27N3O3. The lowest BCUT2D eigenvalue weighted by Gasteiger charge is -2.18. The topological polar surface area (TPSA) is 93.8 Å². The Kier molecular flexibility index (Phi) is 8.63. The largest absolute Gasteiger partial charge is 0.466 e. The van der Waals surface area contributed by atoms with Gasteiger partial charge in [0.1, 0.15) is 0 Å². The number of nitrogens with zero attached hydrogens (tertiary/aromatic N) is 1. The van der Waals surface area contributed by atoms with Gasteiger partial charge in [0.15, 0.2) is 0 Å². The molecule has 6 nitrogen and oxygen atoms in total. The first-order chi connectivity index (χ1) is 14.1. The van der Waals surface area contributed by atoms with Gasteiger partial charge in [0.2, 0.25) is 0 Å². The Morgan fingerprint density at radius 1 is 1.10 bits per heavy atom. The molecule has 0 spiro atoms. The number of esters is 1. The molecule has 6 heteroatoms.